The average molecular weight is 615 g/mol. The number of aliphatic imine (C=N–C) groups is 1. The molecule has 1 unspecified atom stereocenters. The topological polar surface area (TPSA) is 129 Å². The molecule has 0 radical (unpaired) electrons. The van der Waals surface area contributed by atoms with Gasteiger partial charge in [-0.05, 0) is 69.4 Å². The molecular weight excluding hydrogens is 581 g/mol. The number of hydrogen-bond donors (Lipinski definition) is 2. The van der Waals surface area contributed by atoms with Crippen molar-refractivity contribution in [2.24, 2.45) is 4.99 Å². The minimum atomic E-state index is -4.53. The maximum Gasteiger partial charge on any atom is 0.422 e. The van der Waals surface area contributed by atoms with Gasteiger partial charge in [0.15, 0.2) is 6.61 Å². The molecule has 2 N–H and O–H groups in total. The summed E-state index contributed by atoms with van der Waals surface area (Å²) in [7, 11) is 0. The zero-order valence-corrected chi connectivity index (χ0v) is 24.2. The maximum atomic E-state index is 13.6. The molecule has 2 aliphatic heterocycles. The molecule has 0 spiro atoms. The molecule has 2 aliphatic rings. The molecule has 0 saturated carbocycles. The summed E-state index contributed by atoms with van der Waals surface area (Å²) in [6.45, 7) is 2.10. The lowest BCUT2D eigenvalue weighted by atomic mass is 10.1. The minimum Gasteiger partial charge on any atom is -0.468 e. The fourth-order valence-electron chi connectivity index (χ4n) is 5.17. The van der Waals surface area contributed by atoms with Crippen molar-refractivity contribution in [2.45, 2.75) is 51.2 Å². The second-order valence-electron chi connectivity index (χ2n) is 10.8. The molecule has 234 valence electrons. The smallest absolute Gasteiger partial charge is 0.422 e. The third kappa shape index (κ3) is 8.05. The largest absolute Gasteiger partial charge is 0.468 e. The van der Waals surface area contributed by atoms with E-state index in [-0.39, 0.29) is 35.8 Å². The number of halogens is 3. The monoisotopic (exact) mass is 614 g/mol. The Labute approximate surface area is 251 Å². The van der Waals surface area contributed by atoms with Crippen molar-refractivity contribution in [3.63, 3.8) is 0 Å². The third-order valence-corrected chi connectivity index (χ3v) is 7.34. The summed E-state index contributed by atoms with van der Waals surface area (Å²) in [6.07, 6.45) is 0.279. The number of amides is 3. The van der Waals surface area contributed by atoms with Gasteiger partial charge in [-0.2, -0.15) is 13.2 Å². The predicted octanol–water partition coefficient (Wildman–Crippen LogP) is 4.28. The number of furan rings is 1. The van der Waals surface area contributed by atoms with Gasteiger partial charge in [-0.1, -0.05) is 0 Å². The normalized spacial score (nSPS) is 18.0. The van der Waals surface area contributed by atoms with Gasteiger partial charge >= 0.3 is 6.18 Å². The number of aryl methyl sites for hydroxylation is 1. The van der Waals surface area contributed by atoms with Gasteiger partial charge < -0.3 is 24.3 Å². The van der Waals surface area contributed by atoms with E-state index in [2.05, 4.69) is 25.3 Å². The van der Waals surface area contributed by atoms with Crippen LogP contribution >= 0.6 is 0 Å². The number of carbonyl (C=O) groups excluding carboxylic acids is 3. The van der Waals surface area contributed by atoms with Crippen molar-refractivity contribution < 1.29 is 36.7 Å². The number of alkyl halides is 3. The van der Waals surface area contributed by atoms with Crippen LogP contribution in [0.15, 0.2) is 52.0 Å². The predicted molar refractivity (Wildman–Crippen MR) is 155 cm³/mol. The van der Waals surface area contributed by atoms with Crippen molar-refractivity contribution in [1.29, 1.82) is 0 Å². The number of hydrogen-bond acceptors (Lipinski definition) is 7. The minimum absolute atomic E-state index is 0.0157. The average Bonchev–Trinajstić information content (AvgIpc) is 3.62. The van der Waals surface area contributed by atoms with Crippen LogP contribution in [0.1, 0.15) is 48.2 Å². The highest BCUT2D eigenvalue weighted by Gasteiger charge is 2.31. The Morgan fingerprint density at radius 3 is 2.59 bits per heavy atom. The van der Waals surface area contributed by atoms with Crippen LogP contribution in [0.25, 0.3) is 11.0 Å². The van der Waals surface area contributed by atoms with Gasteiger partial charge in [-0.3, -0.25) is 19.7 Å². The maximum absolute atomic E-state index is 13.6. The molecule has 1 aromatic carbocycles. The highest BCUT2D eigenvalue weighted by molar-refractivity contribution is 6.10. The van der Waals surface area contributed by atoms with Gasteiger partial charge in [-0.15, -0.1) is 0 Å². The van der Waals surface area contributed by atoms with Crippen molar-refractivity contribution >= 4 is 40.3 Å². The summed E-state index contributed by atoms with van der Waals surface area (Å²) >= 11 is 0. The van der Waals surface area contributed by atoms with Crippen LogP contribution in [-0.4, -0.2) is 83.5 Å². The summed E-state index contributed by atoms with van der Waals surface area (Å²) in [6, 6.07) is 8.72. The Morgan fingerprint density at radius 2 is 1.86 bits per heavy atom. The van der Waals surface area contributed by atoms with Crippen LogP contribution in [0.3, 0.4) is 0 Å². The lowest BCUT2D eigenvalue weighted by Crippen LogP contribution is -2.45. The van der Waals surface area contributed by atoms with E-state index < -0.39 is 24.7 Å². The zero-order valence-electron chi connectivity index (χ0n) is 24.2. The van der Waals surface area contributed by atoms with Crippen LogP contribution in [-0.2, 0) is 9.59 Å². The van der Waals surface area contributed by atoms with E-state index in [4.69, 9.17) is 4.42 Å². The zero-order chi connectivity index (χ0) is 31.3. The van der Waals surface area contributed by atoms with Gasteiger partial charge in [0.2, 0.25) is 23.7 Å². The Bertz CT molecular complexity index is 1530. The van der Waals surface area contributed by atoms with E-state index in [9.17, 15) is 27.6 Å². The number of anilines is 1. The Balaban J connectivity index is 1.36. The second kappa shape index (κ2) is 13.3. The first-order valence-electron chi connectivity index (χ1n) is 14.4. The highest BCUT2D eigenvalue weighted by Crippen LogP contribution is 2.23. The molecule has 44 heavy (non-hydrogen) atoms. The number of rotatable bonds is 7. The summed E-state index contributed by atoms with van der Waals surface area (Å²) in [5, 5.41) is 6.56. The van der Waals surface area contributed by atoms with Crippen molar-refractivity contribution in [2.75, 3.05) is 38.1 Å². The van der Waals surface area contributed by atoms with Gasteiger partial charge in [-0.25, -0.2) is 9.98 Å². The summed E-state index contributed by atoms with van der Waals surface area (Å²) < 4.78 is 47.7. The quantitative estimate of drug-likeness (QED) is 0.300. The molecule has 2 saturated heterocycles. The first kappa shape index (κ1) is 30.8. The Kier molecular flexibility index (Phi) is 9.35. The standard InChI is InChI=1S/C30H33F3N6O5/c1-19-14-21-15-22(8-9-24(21)44-19)35-29(37-27(41)20-7-10-25(34-16-20)43-18-30(31,32)33)36-23-6-2-3-13-39(28(23)42)17-26(40)38-11-4-5-12-38/h7-10,14-16,23H,2-6,11-13,17-18H2,1H3,(H2,35,36,37,41). The molecule has 0 bridgehead atoms. The summed E-state index contributed by atoms with van der Waals surface area (Å²) in [5.74, 6) is -0.640. The molecule has 2 aromatic heterocycles. The number of benzene rings is 1. The van der Waals surface area contributed by atoms with Crippen LogP contribution in [0.5, 0.6) is 5.88 Å². The first-order valence-corrected chi connectivity index (χ1v) is 14.4. The van der Waals surface area contributed by atoms with Gasteiger partial charge in [0.05, 0.1) is 12.1 Å². The fourth-order valence-corrected chi connectivity index (χ4v) is 5.17. The van der Waals surface area contributed by atoms with Crippen LogP contribution < -0.4 is 15.4 Å². The van der Waals surface area contributed by atoms with Crippen molar-refractivity contribution in [3.8, 4) is 5.88 Å². The van der Waals surface area contributed by atoms with Crippen molar-refractivity contribution in [1.82, 2.24) is 20.1 Å². The van der Waals surface area contributed by atoms with E-state index >= 15 is 0 Å². The number of guanidine groups is 1. The van der Waals surface area contributed by atoms with E-state index in [1.807, 2.05) is 13.0 Å². The first-order chi connectivity index (χ1) is 21.0. The molecule has 0 aliphatic carbocycles. The highest BCUT2D eigenvalue weighted by atomic mass is 19.4. The molecule has 3 amide bonds. The second-order valence-corrected chi connectivity index (χ2v) is 10.8. The number of nitrogens with zero attached hydrogens (tertiary/aromatic N) is 4. The summed E-state index contributed by atoms with van der Waals surface area (Å²) in [5.41, 5.74) is 1.27. The number of pyridine rings is 1. The van der Waals surface area contributed by atoms with E-state index in [1.54, 1.807) is 23.1 Å². The molecule has 3 aromatic rings. The SMILES string of the molecule is Cc1cc2cc(NC(=NC3CCCCN(CC(=O)N4CCCC4)C3=O)NC(=O)c3ccc(OCC(F)(F)F)nc3)ccc2o1. The van der Waals surface area contributed by atoms with E-state index in [0.717, 1.165) is 36.3 Å². The fraction of sp³-hybridized carbons (Fsp3) is 0.433. The molecular formula is C30H33F3N6O5. The molecule has 5 rings (SSSR count). The van der Waals surface area contributed by atoms with Gasteiger partial charge in [0.1, 0.15) is 17.4 Å². The number of ether oxygens (including phenoxy) is 1. The van der Waals surface area contributed by atoms with Gasteiger partial charge in [0.25, 0.3) is 5.91 Å². The molecule has 14 heteroatoms. The summed E-state index contributed by atoms with van der Waals surface area (Å²) in [4.78, 5) is 51.3. The number of nitrogens with one attached hydrogen (secondary N) is 2. The van der Waals surface area contributed by atoms with Crippen molar-refractivity contribution in [3.05, 3.63) is 53.9 Å². The molecule has 2 fully saturated rings. The van der Waals surface area contributed by atoms with Crippen LogP contribution in [0.2, 0.25) is 0 Å². The number of fused-ring (bicyclic) bond motifs is 1. The molecule has 4 heterocycles. The lowest BCUT2D eigenvalue weighted by molar-refractivity contribution is -0.154. The van der Waals surface area contributed by atoms with E-state index in [0.29, 0.717) is 50.2 Å². The molecule has 11 nitrogen and oxygen atoms in total. The lowest BCUT2D eigenvalue weighted by Gasteiger charge is -2.25. The number of aromatic nitrogens is 1. The van der Waals surface area contributed by atoms with E-state index in [1.165, 1.54) is 11.0 Å². The van der Waals surface area contributed by atoms with Gasteiger partial charge in [0, 0.05) is 43.0 Å². The third-order valence-electron chi connectivity index (χ3n) is 7.34. The van der Waals surface area contributed by atoms with Crippen LogP contribution in [0.4, 0.5) is 18.9 Å². The Hall–Kier alpha value is -4.62. The molecule has 1 atom stereocenters. The van der Waals surface area contributed by atoms with Crippen LogP contribution in [0, 0.1) is 6.92 Å². The number of likely N-dealkylation sites (tertiary alicyclic amines) is 2. The Morgan fingerprint density at radius 1 is 1.09 bits per heavy atom. The number of carbonyl (C=O) groups is 3.